The molecule has 1 atom stereocenters. The van der Waals surface area contributed by atoms with Crippen LogP contribution >= 0.6 is 0 Å². The van der Waals surface area contributed by atoms with Crippen LogP contribution in [0.5, 0.6) is 0 Å². The van der Waals surface area contributed by atoms with E-state index in [4.69, 9.17) is 5.11 Å². The van der Waals surface area contributed by atoms with E-state index in [0.29, 0.717) is 12.5 Å². The van der Waals surface area contributed by atoms with Gasteiger partial charge in [0.25, 0.3) is 0 Å². The van der Waals surface area contributed by atoms with Crippen LogP contribution in [0.4, 0.5) is 0 Å². The van der Waals surface area contributed by atoms with Crippen molar-refractivity contribution in [3.8, 4) is 0 Å². The van der Waals surface area contributed by atoms with E-state index < -0.39 is 5.97 Å². The maximum atomic E-state index is 12.7. The number of hydrogen-bond donors (Lipinski definition) is 1. The Labute approximate surface area is 115 Å². The van der Waals surface area contributed by atoms with Gasteiger partial charge in [0.1, 0.15) is 6.54 Å². The fraction of sp³-hybridized carbons (Fsp3) is 0.867. The molecule has 0 spiro atoms. The number of carbonyl (C=O) groups is 2. The third-order valence-electron chi connectivity index (χ3n) is 4.62. The summed E-state index contributed by atoms with van der Waals surface area (Å²) in [7, 11) is 0. The molecule has 2 aliphatic carbocycles. The molecular formula is C15H25NO3. The highest BCUT2D eigenvalue weighted by Gasteiger charge is 2.40. The summed E-state index contributed by atoms with van der Waals surface area (Å²) < 4.78 is 0. The van der Waals surface area contributed by atoms with Crippen LogP contribution in [0, 0.1) is 17.3 Å². The zero-order chi connectivity index (χ0) is 14.0. The van der Waals surface area contributed by atoms with Crippen molar-refractivity contribution in [3.05, 3.63) is 0 Å². The number of hydrogen-bond acceptors (Lipinski definition) is 2. The Bertz CT molecular complexity index is 360. The van der Waals surface area contributed by atoms with E-state index in [-0.39, 0.29) is 23.8 Å². The summed E-state index contributed by atoms with van der Waals surface area (Å²) in [6, 6.07) is 0. The Morgan fingerprint density at radius 1 is 1.21 bits per heavy atom. The highest BCUT2D eigenvalue weighted by Crippen LogP contribution is 2.42. The number of carboxylic acids is 1. The lowest BCUT2D eigenvalue weighted by Gasteiger charge is -2.40. The number of carboxylic acid groups (broad SMARTS) is 1. The van der Waals surface area contributed by atoms with E-state index in [1.807, 2.05) is 0 Å². The van der Waals surface area contributed by atoms with Crippen LogP contribution < -0.4 is 0 Å². The summed E-state index contributed by atoms with van der Waals surface area (Å²) in [5.74, 6) is -0.295. The van der Waals surface area contributed by atoms with E-state index in [0.717, 1.165) is 32.1 Å². The van der Waals surface area contributed by atoms with Gasteiger partial charge in [-0.2, -0.15) is 0 Å². The average Bonchev–Trinajstić information content (AvgIpc) is 3.10. The molecule has 0 heterocycles. The average molecular weight is 267 g/mol. The third-order valence-corrected chi connectivity index (χ3v) is 4.62. The van der Waals surface area contributed by atoms with Gasteiger partial charge in [-0.05, 0) is 37.0 Å². The van der Waals surface area contributed by atoms with Crippen molar-refractivity contribution < 1.29 is 14.7 Å². The number of nitrogens with zero attached hydrogens (tertiary/aromatic N) is 1. The summed E-state index contributed by atoms with van der Waals surface area (Å²) in [5.41, 5.74) is 0.00956. The van der Waals surface area contributed by atoms with Crippen LogP contribution in [0.15, 0.2) is 0 Å². The second-order valence-corrected chi connectivity index (χ2v) is 6.84. The van der Waals surface area contributed by atoms with Gasteiger partial charge in [0.05, 0.1) is 0 Å². The predicted octanol–water partition coefficient (Wildman–Crippen LogP) is 2.53. The number of aliphatic carboxylic acids is 1. The first-order valence-corrected chi connectivity index (χ1v) is 7.41. The summed E-state index contributed by atoms with van der Waals surface area (Å²) >= 11 is 0. The Hall–Kier alpha value is -1.06. The highest BCUT2D eigenvalue weighted by atomic mass is 16.4. The zero-order valence-corrected chi connectivity index (χ0v) is 12.0. The Kier molecular flexibility index (Phi) is 4.16. The minimum absolute atomic E-state index is 0.000602. The lowest BCUT2D eigenvalue weighted by molar-refractivity contribution is -0.149. The molecule has 0 saturated heterocycles. The molecule has 0 radical (unpaired) electrons. The van der Waals surface area contributed by atoms with Gasteiger partial charge in [-0.3, -0.25) is 9.59 Å². The predicted molar refractivity (Wildman–Crippen MR) is 72.7 cm³/mol. The van der Waals surface area contributed by atoms with Crippen molar-refractivity contribution in [2.75, 3.05) is 13.1 Å². The maximum absolute atomic E-state index is 12.7. The van der Waals surface area contributed by atoms with Crippen molar-refractivity contribution in [1.29, 1.82) is 0 Å². The molecule has 1 N–H and O–H groups in total. The molecule has 2 rings (SSSR count). The Balaban J connectivity index is 2.05. The molecule has 0 aromatic rings. The minimum atomic E-state index is -0.900. The third kappa shape index (κ3) is 3.71. The first-order chi connectivity index (χ1) is 8.90. The monoisotopic (exact) mass is 267 g/mol. The molecule has 2 saturated carbocycles. The molecule has 0 bridgehead atoms. The molecule has 0 aromatic heterocycles. The summed E-state index contributed by atoms with van der Waals surface area (Å²) in [6.07, 6.45) is 6.51. The lowest BCUT2D eigenvalue weighted by atomic mass is 9.68. The molecular weight excluding hydrogens is 242 g/mol. The maximum Gasteiger partial charge on any atom is 0.323 e. The second-order valence-electron chi connectivity index (χ2n) is 6.84. The van der Waals surface area contributed by atoms with Crippen LogP contribution in [-0.2, 0) is 9.59 Å². The molecule has 108 valence electrons. The summed E-state index contributed by atoms with van der Waals surface area (Å²) in [5, 5.41) is 9.00. The molecule has 1 amide bonds. The molecule has 0 aromatic carbocycles. The number of rotatable bonds is 5. The summed E-state index contributed by atoms with van der Waals surface area (Å²) in [6.45, 7) is 4.79. The number of amides is 1. The van der Waals surface area contributed by atoms with Crippen LogP contribution in [-0.4, -0.2) is 35.0 Å². The Morgan fingerprint density at radius 2 is 1.89 bits per heavy atom. The highest BCUT2D eigenvalue weighted by molar-refractivity contribution is 5.83. The van der Waals surface area contributed by atoms with E-state index in [1.54, 1.807) is 4.90 Å². The van der Waals surface area contributed by atoms with Gasteiger partial charge in [0, 0.05) is 12.5 Å². The van der Waals surface area contributed by atoms with Gasteiger partial charge in [0.15, 0.2) is 0 Å². The molecule has 19 heavy (non-hydrogen) atoms. The van der Waals surface area contributed by atoms with E-state index in [2.05, 4.69) is 13.8 Å². The van der Waals surface area contributed by atoms with Crippen molar-refractivity contribution in [2.45, 2.75) is 52.4 Å². The van der Waals surface area contributed by atoms with Crippen LogP contribution in [0.2, 0.25) is 0 Å². The van der Waals surface area contributed by atoms with Crippen molar-refractivity contribution in [2.24, 2.45) is 17.3 Å². The molecule has 1 unspecified atom stereocenters. The standard InChI is InChI=1S/C15H25NO3/c1-15(2)8-4-3-5-12(15)14(19)16(10-13(17)18)9-11-6-7-11/h11-12H,3-10H2,1-2H3,(H,17,18). The molecule has 4 heteroatoms. The second kappa shape index (κ2) is 5.51. The fourth-order valence-electron chi connectivity index (χ4n) is 3.18. The van der Waals surface area contributed by atoms with Gasteiger partial charge < -0.3 is 10.0 Å². The normalized spacial score (nSPS) is 25.9. The van der Waals surface area contributed by atoms with Gasteiger partial charge in [0.2, 0.25) is 5.91 Å². The quantitative estimate of drug-likeness (QED) is 0.832. The Morgan fingerprint density at radius 3 is 2.42 bits per heavy atom. The van der Waals surface area contributed by atoms with Crippen molar-refractivity contribution in [1.82, 2.24) is 4.90 Å². The SMILES string of the molecule is CC1(C)CCCCC1C(=O)N(CC(=O)O)CC1CC1. The van der Waals surface area contributed by atoms with E-state index in [9.17, 15) is 9.59 Å². The van der Waals surface area contributed by atoms with Gasteiger partial charge >= 0.3 is 5.97 Å². The topological polar surface area (TPSA) is 57.6 Å². The van der Waals surface area contributed by atoms with E-state index >= 15 is 0 Å². The van der Waals surface area contributed by atoms with Crippen LogP contribution in [0.3, 0.4) is 0 Å². The van der Waals surface area contributed by atoms with Crippen molar-refractivity contribution in [3.63, 3.8) is 0 Å². The van der Waals surface area contributed by atoms with Crippen LogP contribution in [0.1, 0.15) is 52.4 Å². The van der Waals surface area contributed by atoms with E-state index in [1.165, 1.54) is 6.42 Å². The largest absolute Gasteiger partial charge is 0.480 e. The smallest absolute Gasteiger partial charge is 0.323 e. The minimum Gasteiger partial charge on any atom is -0.480 e. The van der Waals surface area contributed by atoms with Gasteiger partial charge in [-0.1, -0.05) is 26.7 Å². The molecule has 0 aliphatic heterocycles. The van der Waals surface area contributed by atoms with Gasteiger partial charge in [-0.25, -0.2) is 0 Å². The fourth-order valence-corrected chi connectivity index (χ4v) is 3.18. The first-order valence-electron chi connectivity index (χ1n) is 7.41. The van der Waals surface area contributed by atoms with Crippen LogP contribution in [0.25, 0.3) is 0 Å². The molecule has 4 nitrogen and oxygen atoms in total. The summed E-state index contributed by atoms with van der Waals surface area (Å²) in [4.78, 5) is 25.2. The van der Waals surface area contributed by atoms with Crippen molar-refractivity contribution >= 4 is 11.9 Å². The molecule has 2 aliphatic rings. The van der Waals surface area contributed by atoms with Gasteiger partial charge in [-0.15, -0.1) is 0 Å². The number of carbonyl (C=O) groups excluding carboxylic acids is 1. The first kappa shape index (κ1) is 14.4. The zero-order valence-electron chi connectivity index (χ0n) is 12.0. The molecule has 2 fully saturated rings. The lowest BCUT2D eigenvalue weighted by Crippen LogP contribution is -2.46.